The normalized spacial score (nSPS) is 11.3. The van der Waals surface area contributed by atoms with Gasteiger partial charge in [-0.2, -0.15) is 13.2 Å². The molecule has 2 aromatic rings. The number of rotatable bonds is 7. The standard InChI is InChI=1S/C19H22F3N3O/c1-3-11-25(12-4-2)17-10-9-16(13-23-17)24-18(26)14-5-7-15(8-6-14)19(20,21)22/h5-10,13H,3-4,11-12H2,1-2H3,(H,24,26). The minimum atomic E-state index is -4.42. The van der Waals surface area contributed by atoms with Gasteiger partial charge in [0.25, 0.3) is 5.91 Å². The van der Waals surface area contributed by atoms with E-state index in [9.17, 15) is 18.0 Å². The Morgan fingerprint density at radius 3 is 2.12 bits per heavy atom. The lowest BCUT2D eigenvalue weighted by molar-refractivity contribution is -0.137. The molecule has 4 nitrogen and oxygen atoms in total. The fraction of sp³-hybridized carbons (Fsp3) is 0.368. The Balaban J connectivity index is 2.05. The maximum atomic E-state index is 12.6. The lowest BCUT2D eigenvalue weighted by Crippen LogP contribution is -2.25. The molecule has 0 aliphatic rings. The molecule has 26 heavy (non-hydrogen) atoms. The summed E-state index contributed by atoms with van der Waals surface area (Å²) in [6.45, 7) is 6.00. The van der Waals surface area contributed by atoms with Gasteiger partial charge in [-0.15, -0.1) is 0 Å². The minimum absolute atomic E-state index is 0.153. The van der Waals surface area contributed by atoms with Crippen LogP contribution in [0.4, 0.5) is 24.7 Å². The number of nitrogens with zero attached hydrogens (tertiary/aromatic N) is 2. The van der Waals surface area contributed by atoms with E-state index in [1.54, 1.807) is 12.3 Å². The van der Waals surface area contributed by atoms with Gasteiger partial charge in [0.15, 0.2) is 0 Å². The zero-order chi connectivity index (χ0) is 19.2. The molecule has 7 heteroatoms. The lowest BCUT2D eigenvalue weighted by Gasteiger charge is -2.22. The van der Waals surface area contributed by atoms with E-state index in [-0.39, 0.29) is 5.56 Å². The van der Waals surface area contributed by atoms with Crippen LogP contribution >= 0.6 is 0 Å². The molecule has 1 N–H and O–H groups in total. The van der Waals surface area contributed by atoms with Crippen LogP contribution < -0.4 is 10.2 Å². The number of halogens is 3. The molecule has 1 aromatic carbocycles. The van der Waals surface area contributed by atoms with Gasteiger partial charge in [0.2, 0.25) is 0 Å². The number of anilines is 2. The monoisotopic (exact) mass is 365 g/mol. The average molecular weight is 365 g/mol. The van der Waals surface area contributed by atoms with Crippen molar-refractivity contribution in [3.63, 3.8) is 0 Å². The Labute approximate surface area is 151 Å². The molecule has 1 heterocycles. The molecular weight excluding hydrogens is 343 g/mol. The third-order valence-electron chi connectivity index (χ3n) is 3.79. The van der Waals surface area contributed by atoms with E-state index in [2.05, 4.69) is 29.0 Å². The van der Waals surface area contributed by atoms with Crippen LogP contribution in [-0.4, -0.2) is 24.0 Å². The zero-order valence-electron chi connectivity index (χ0n) is 14.8. The number of pyridine rings is 1. The molecule has 140 valence electrons. The Bertz CT molecular complexity index is 706. The molecule has 0 saturated carbocycles. The molecule has 0 aliphatic heterocycles. The van der Waals surface area contributed by atoms with Crippen molar-refractivity contribution in [2.24, 2.45) is 0 Å². The maximum Gasteiger partial charge on any atom is 0.416 e. The summed E-state index contributed by atoms with van der Waals surface area (Å²) in [6.07, 6.45) is -0.852. The molecule has 1 amide bonds. The van der Waals surface area contributed by atoms with E-state index in [1.807, 2.05) is 6.07 Å². The van der Waals surface area contributed by atoms with Crippen LogP contribution in [0.5, 0.6) is 0 Å². The average Bonchev–Trinajstić information content (AvgIpc) is 2.61. The zero-order valence-corrected chi connectivity index (χ0v) is 14.8. The third-order valence-corrected chi connectivity index (χ3v) is 3.79. The van der Waals surface area contributed by atoms with E-state index in [4.69, 9.17) is 0 Å². The minimum Gasteiger partial charge on any atom is -0.357 e. The SMILES string of the molecule is CCCN(CCC)c1ccc(NC(=O)c2ccc(C(F)(F)F)cc2)cn1. The highest BCUT2D eigenvalue weighted by atomic mass is 19.4. The van der Waals surface area contributed by atoms with Crippen molar-refractivity contribution in [1.82, 2.24) is 4.98 Å². The van der Waals surface area contributed by atoms with Gasteiger partial charge < -0.3 is 10.2 Å². The van der Waals surface area contributed by atoms with Gasteiger partial charge in [0, 0.05) is 18.7 Å². The molecule has 2 rings (SSSR count). The molecule has 0 spiro atoms. The van der Waals surface area contributed by atoms with Gasteiger partial charge in [-0.25, -0.2) is 4.98 Å². The summed E-state index contributed by atoms with van der Waals surface area (Å²) in [5, 5.41) is 2.65. The summed E-state index contributed by atoms with van der Waals surface area (Å²) >= 11 is 0. The molecular formula is C19H22F3N3O. The third kappa shape index (κ3) is 5.21. The van der Waals surface area contributed by atoms with Crippen LogP contribution in [0.3, 0.4) is 0 Å². The van der Waals surface area contributed by atoms with E-state index < -0.39 is 17.6 Å². The van der Waals surface area contributed by atoms with Crippen molar-refractivity contribution in [2.45, 2.75) is 32.9 Å². The van der Waals surface area contributed by atoms with Crippen LogP contribution in [0, 0.1) is 0 Å². The van der Waals surface area contributed by atoms with Crippen LogP contribution in [-0.2, 0) is 6.18 Å². The first kappa shape index (κ1) is 19.8. The Hall–Kier alpha value is -2.57. The number of amides is 1. The van der Waals surface area contributed by atoms with Crippen molar-refractivity contribution in [3.8, 4) is 0 Å². The summed E-state index contributed by atoms with van der Waals surface area (Å²) in [5.74, 6) is 0.355. The van der Waals surface area contributed by atoms with Gasteiger partial charge in [-0.05, 0) is 49.2 Å². The number of carbonyl (C=O) groups excluding carboxylic acids is 1. The first-order valence-corrected chi connectivity index (χ1v) is 8.54. The summed E-state index contributed by atoms with van der Waals surface area (Å²) < 4.78 is 37.7. The van der Waals surface area contributed by atoms with Crippen molar-refractivity contribution in [3.05, 3.63) is 53.7 Å². The highest BCUT2D eigenvalue weighted by molar-refractivity contribution is 6.04. The van der Waals surface area contributed by atoms with Crippen molar-refractivity contribution in [1.29, 1.82) is 0 Å². The molecule has 0 saturated heterocycles. The second kappa shape index (κ2) is 8.69. The van der Waals surface area contributed by atoms with Crippen molar-refractivity contribution in [2.75, 3.05) is 23.3 Å². The molecule has 0 bridgehead atoms. The van der Waals surface area contributed by atoms with E-state index >= 15 is 0 Å². The predicted molar refractivity (Wildman–Crippen MR) is 96.4 cm³/mol. The van der Waals surface area contributed by atoms with Crippen LogP contribution in [0.1, 0.15) is 42.6 Å². The van der Waals surface area contributed by atoms with Crippen molar-refractivity contribution >= 4 is 17.4 Å². The van der Waals surface area contributed by atoms with Gasteiger partial charge in [-0.3, -0.25) is 4.79 Å². The molecule has 0 unspecified atom stereocenters. The van der Waals surface area contributed by atoms with Crippen molar-refractivity contribution < 1.29 is 18.0 Å². The lowest BCUT2D eigenvalue weighted by atomic mass is 10.1. The fourth-order valence-electron chi connectivity index (χ4n) is 2.54. The number of benzene rings is 1. The quantitative estimate of drug-likeness (QED) is 0.753. The number of carbonyl (C=O) groups is 1. The molecule has 0 aliphatic carbocycles. The summed E-state index contributed by atoms with van der Waals surface area (Å²) in [7, 11) is 0. The highest BCUT2D eigenvalue weighted by Crippen LogP contribution is 2.29. The fourth-order valence-corrected chi connectivity index (χ4v) is 2.54. The van der Waals surface area contributed by atoms with Gasteiger partial charge in [-0.1, -0.05) is 13.8 Å². The number of hydrogen-bond donors (Lipinski definition) is 1. The smallest absolute Gasteiger partial charge is 0.357 e. The van der Waals surface area contributed by atoms with E-state index in [0.29, 0.717) is 5.69 Å². The van der Waals surface area contributed by atoms with E-state index in [1.165, 1.54) is 0 Å². The van der Waals surface area contributed by atoms with Gasteiger partial charge in [0.1, 0.15) is 5.82 Å². The molecule has 0 atom stereocenters. The van der Waals surface area contributed by atoms with Crippen LogP contribution in [0.25, 0.3) is 0 Å². The number of aromatic nitrogens is 1. The Morgan fingerprint density at radius 2 is 1.65 bits per heavy atom. The van der Waals surface area contributed by atoms with E-state index in [0.717, 1.165) is 56.0 Å². The topological polar surface area (TPSA) is 45.2 Å². The number of nitrogens with one attached hydrogen (secondary N) is 1. The summed E-state index contributed by atoms with van der Waals surface area (Å²) in [6, 6.07) is 7.66. The van der Waals surface area contributed by atoms with Crippen LogP contribution in [0.2, 0.25) is 0 Å². The number of hydrogen-bond acceptors (Lipinski definition) is 3. The first-order chi connectivity index (χ1) is 12.3. The predicted octanol–water partition coefficient (Wildman–Crippen LogP) is 4.98. The summed E-state index contributed by atoms with van der Waals surface area (Å²) in [4.78, 5) is 18.7. The largest absolute Gasteiger partial charge is 0.416 e. The second-order valence-corrected chi connectivity index (χ2v) is 5.92. The first-order valence-electron chi connectivity index (χ1n) is 8.54. The van der Waals surface area contributed by atoms with Gasteiger partial charge >= 0.3 is 6.18 Å². The van der Waals surface area contributed by atoms with Crippen LogP contribution in [0.15, 0.2) is 42.6 Å². The summed E-state index contributed by atoms with van der Waals surface area (Å²) in [5.41, 5.74) is -0.140. The maximum absolute atomic E-state index is 12.6. The van der Waals surface area contributed by atoms with Gasteiger partial charge in [0.05, 0.1) is 17.4 Å². The molecule has 0 radical (unpaired) electrons. The number of alkyl halides is 3. The molecule has 0 fully saturated rings. The Morgan fingerprint density at radius 1 is 1.04 bits per heavy atom. The Kier molecular flexibility index (Phi) is 6.60. The second-order valence-electron chi connectivity index (χ2n) is 5.92. The highest BCUT2D eigenvalue weighted by Gasteiger charge is 2.30. The molecule has 1 aromatic heterocycles.